The molecule has 2 aromatic heterocycles. The maximum Gasteiger partial charge on any atom is 0.309 e. The molecule has 5 heterocycles. The van der Waals surface area contributed by atoms with E-state index in [2.05, 4.69) is 27.1 Å². The molecule has 17 nitrogen and oxygen atoms in total. The number of methoxy groups -OCH3 is 1. The standard InChI is InChI=1S/C47H82N6O11S/c1-15-37-47(11,59)40(55)30(6)52(13)23-26(2)21-45(9,58)42(28(4)38(29(5)43(57)63-37)36-22-46(10,60-14)41(56)31(7)62-36)64-44-39(54)35(20-27(3)61-44)51(12)18-16-33-24-53(50-49-33)19-17-34-32(8)65-25-48-34/h24-31,35-42,44,54-56,58-59H,15-23H2,1-14H3/t26-,27-,28+,29-,30-,31+,35+,36?,37-,38+,39-,40-,41+,42-,44+,45-,46-,47-/m1/s1. The summed E-state index contributed by atoms with van der Waals surface area (Å²) in [4.78, 5) is 24.3. The van der Waals surface area contributed by atoms with Crippen LogP contribution in [-0.2, 0) is 47.9 Å². The van der Waals surface area contributed by atoms with Crippen molar-refractivity contribution < 1.29 is 54.0 Å². The van der Waals surface area contributed by atoms with Crippen molar-refractivity contribution in [1.29, 1.82) is 0 Å². The van der Waals surface area contributed by atoms with E-state index >= 15 is 0 Å². The highest BCUT2D eigenvalue weighted by molar-refractivity contribution is 7.09. The van der Waals surface area contributed by atoms with E-state index in [1.807, 2.05) is 70.0 Å². The van der Waals surface area contributed by atoms with E-state index in [-0.39, 0.29) is 37.3 Å². The topological polar surface area (TPSA) is 214 Å². The van der Waals surface area contributed by atoms with Crippen LogP contribution in [0, 0.1) is 30.6 Å². The van der Waals surface area contributed by atoms with Gasteiger partial charge in [-0.2, -0.15) is 0 Å². The molecule has 3 saturated heterocycles. The van der Waals surface area contributed by atoms with Crippen LogP contribution in [0.15, 0.2) is 11.7 Å². The van der Waals surface area contributed by atoms with E-state index in [1.54, 1.807) is 39.0 Å². The zero-order valence-electron chi connectivity index (χ0n) is 41.5. The molecule has 3 fully saturated rings. The number of ether oxygens (including phenoxy) is 5. The molecule has 1 unspecified atom stereocenters. The maximum absolute atomic E-state index is 14.6. The number of cyclic esters (lactones) is 1. The Hall–Kier alpha value is -2.20. The van der Waals surface area contributed by atoms with Crippen molar-refractivity contribution >= 4 is 17.3 Å². The Kier molecular flexibility index (Phi) is 18.2. The van der Waals surface area contributed by atoms with Crippen LogP contribution >= 0.6 is 11.3 Å². The Labute approximate surface area is 391 Å². The number of hydrogen-bond acceptors (Lipinski definition) is 17. The molecule has 2 aromatic rings. The third kappa shape index (κ3) is 12.3. The van der Waals surface area contributed by atoms with E-state index in [1.165, 1.54) is 18.9 Å². The second-order valence-corrected chi connectivity index (χ2v) is 21.7. The number of aliphatic hydroxyl groups excluding tert-OH is 3. The smallest absolute Gasteiger partial charge is 0.309 e. The zero-order valence-corrected chi connectivity index (χ0v) is 42.3. The van der Waals surface area contributed by atoms with Crippen molar-refractivity contribution in [1.82, 2.24) is 29.8 Å². The second-order valence-electron chi connectivity index (χ2n) is 20.6. The van der Waals surface area contributed by atoms with E-state index in [4.69, 9.17) is 23.7 Å². The Morgan fingerprint density at radius 1 is 1.02 bits per heavy atom. The molecule has 0 bridgehead atoms. The Morgan fingerprint density at radius 3 is 2.34 bits per heavy atom. The number of thiazole rings is 1. The first-order chi connectivity index (χ1) is 30.3. The van der Waals surface area contributed by atoms with Gasteiger partial charge in [-0.15, -0.1) is 16.4 Å². The highest BCUT2D eigenvalue weighted by Crippen LogP contribution is 2.45. The third-order valence-corrected chi connectivity index (χ3v) is 16.0. The SMILES string of the molecule is CC[C@H]1OC(=O)[C@H](C)[C@@H](C2C[C@@](C)(OC)[C@@H](O)[C@H](C)O2)[C@H](C)[C@@H](O[C@@H]2O[C@H](C)C[C@H](N(C)CCc3cn(CCc4ncsc4C)nn3)[C@H]2O)[C@](C)(O)C[C@@H](C)CN(C)[C@H](C)[C@@H](O)[C@]1(C)O. The fourth-order valence-corrected chi connectivity index (χ4v) is 11.6. The molecule has 0 radical (unpaired) electrons. The van der Waals surface area contributed by atoms with Crippen molar-refractivity contribution in [3.05, 3.63) is 28.0 Å². The Balaban J connectivity index is 1.47. The molecule has 3 aliphatic rings. The van der Waals surface area contributed by atoms with Crippen LogP contribution < -0.4 is 0 Å². The average Bonchev–Trinajstić information content (AvgIpc) is 3.89. The van der Waals surface area contributed by atoms with Crippen LogP contribution in [0.3, 0.4) is 0 Å². The van der Waals surface area contributed by atoms with Gasteiger partial charge in [0.05, 0.1) is 58.4 Å². The molecule has 0 amide bonds. The van der Waals surface area contributed by atoms with Crippen LogP contribution in [0.1, 0.15) is 111 Å². The summed E-state index contributed by atoms with van der Waals surface area (Å²) in [6.45, 7) is 21.8. The molecule has 3 aliphatic heterocycles. The van der Waals surface area contributed by atoms with Gasteiger partial charge in [0.15, 0.2) is 6.29 Å². The van der Waals surface area contributed by atoms with Gasteiger partial charge in [0.1, 0.15) is 30.0 Å². The van der Waals surface area contributed by atoms with Crippen molar-refractivity contribution in [2.45, 2.75) is 205 Å². The lowest BCUT2D eigenvalue weighted by Crippen LogP contribution is -2.62. The number of rotatable bonds is 12. The predicted molar refractivity (Wildman–Crippen MR) is 246 cm³/mol. The van der Waals surface area contributed by atoms with Gasteiger partial charge in [-0.3, -0.25) is 9.48 Å². The van der Waals surface area contributed by atoms with Crippen molar-refractivity contribution in [3.8, 4) is 0 Å². The summed E-state index contributed by atoms with van der Waals surface area (Å²) in [5.41, 5.74) is -0.654. The molecule has 0 spiro atoms. The Bertz CT molecular complexity index is 1820. The minimum absolute atomic E-state index is 0.156. The summed E-state index contributed by atoms with van der Waals surface area (Å²) < 4.78 is 34.0. The van der Waals surface area contributed by atoms with Gasteiger partial charge in [-0.25, -0.2) is 4.98 Å². The lowest BCUT2D eigenvalue weighted by atomic mass is 9.68. The highest BCUT2D eigenvalue weighted by atomic mass is 32.1. The molecular formula is C47H82N6O11S. The fraction of sp³-hybridized carbons (Fsp3) is 0.872. The normalized spacial score (nSPS) is 42.1. The summed E-state index contributed by atoms with van der Waals surface area (Å²) in [7, 11) is 5.36. The lowest BCUT2D eigenvalue weighted by Gasteiger charge is -2.51. The summed E-state index contributed by atoms with van der Waals surface area (Å²) in [5, 5.41) is 68.6. The summed E-state index contributed by atoms with van der Waals surface area (Å²) in [6, 6.07) is -0.919. The largest absolute Gasteiger partial charge is 0.459 e. The third-order valence-electron chi connectivity index (χ3n) is 15.2. The fourth-order valence-electron chi connectivity index (χ4n) is 11.0. The first-order valence-electron chi connectivity index (χ1n) is 23.7. The Morgan fingerprint density at radius 2 is 1.71 bits per heavy atom. The minimum atomic E-state index is -1.80. The molecule has 372 valence electrons. The molecule has 5 N–H and O–H groups in total. The number of aryl methyl sites for hydroxylation is 3. The van der Waals surface area contributed by atoms with E-state index < -0.39 is 95.6 Å². The van der Waals surface area contributed by atoms with Crippen molar-refractivity contribution in [2.24, 2.45) is 23.7 Å². The number of aromatic nitrogens is 4. The quantitative estimate of drug-likeness (QED) is 0.193. The van der Waals surface area contributed by atoms with Gasteiger partial charge in [0.2, 0.25) is 0 Å². The first kappa shape index (κ1) is 53.8. The minimum Gasteiger partial charge on any atom is -0.459 e. The predicted octanol–water partition coefficient (Wildman–Crippen LogP) is 3.39. The van der Waals surface area contributed by atoms with E-state index in [0.29, 0.717) is 32.5 Å². The number of aliphatic hydroxyl groups is 5. The van der Waals surface area contributed by atoms with Gasteiger partial charge >= 0.3 is 5.97 Å². The summed E-state index contributed by atoms with van der Waals surface area (Å²) in [5.74, 6) is -3.06. The maximum atomic E-state index is 14.6. The average molecular weight is 939 g/mol. The molecular weight excluding hydrogens is 857 g/mol. The molecule has 65 heavy (non-hydrogen) atoms. The van der Waals surface area contributed by atoms with Gasteiger partial charge < -0.3 is 59.0 Å². The number of likely N-dealkylation sites (N-methyl/N-ethyl adjacent to an activating group) is 2. The summed E-state index contributed by atoms with van der Waals surface area (Å²) in [6.07, 6.45) is -3.79. The number of nitrogens with zero attached hydrogens (tertiary/aromatic N) is 6. The van der Waals surface area contributed by atoms with Crippen LogP contribution in [0.4, 0.5) is 0 Å². The van der Waals surface area contributed by atoms with Crippen LogP contribution in [0.5, 0.6) is 0 Å². The summed E-state index contributed by atoms with van der Waals surface area (Å²) >= 11 is 1.63. The molecule has 18 heteroatoms. The van der Waals surface area contributed by atoms with E-state index in [9.17, 15) is 30.3 Å². The number of carbonyl (C=O) groups is 1. The number of carbonyl (C=O) groups excluding carboxylic acids is 1. The van der Waals surface area contributed by atoms with Gasteiger partial charge in [0, 0.05) is 75.1 Å². The molecule has 0 aliphatic carbocycles. The van der Waals surface area contributed by atoms with Crippen molar-refractivity contribution in [2.75, 3.05) is 34.3 Å². The van der Waals surface area contributed by atoms with Gasteiger partial charge in [0.25, 0.3) is 0 Å². The first-order valence-corrected chi connectivity index (χ1v) is 24.6. The molecule has 18 atom stereocenters. The van der Waals surface area contributed by atoms with Gasteiger partial charge in [-0.1, -0.05) is 32.9 Å². The number of hydrogen-bond donors (Lipinski definition) is 5. The molecule has 0 saturated carbocycles. The van der Waals surface area contributed by atoms with Gasteiger partial charge in [-0.05, 0) is 93.7 Å². The second kappa shape index (κ2) is 22.0. The lowest BCUT2D eigenvalue weighted by molar-refractivity contribution is -0.302. The van der Waals surface area contributed by atoms with Crippen molar-refractivity contribution in [3.63, 3.8) is 0 Å². The van der Waals surface area contributed by atoms with Crippen LogP contribution in [0.2, 0.25) is 0 Å². The molecule has 5 rings (SSSR count). The highest BCUT2D eigenvalue weighted by Gasteiger charge is 2.55. The van der Waals surface area contributed by atoms with Crippen LogP contribution in [0.25, 0.3) is 0 Å². The number of esters is 1. The monoisotopic (exact) mass is 939 g/mol. The molecule has 0 aromatic carbocycles. The van der Waals surface area contributed by atoms with Crippen LogP contribution in [-0.4, -0.2) is 180 Å². The zero-order chi connectivity index (χ0) is 48.3. The van der Waals surface area contributed by atoms with E-state index in [0.717, 1.165) is 17.8 Å².